The van der Waals surface area contributed by atoms with Crippen molar-refractivity contribution in [3.63, 3.8) is 0 Å². The second kappa shape index (κ2) is 5.73. The van der Waals surface area contributed by atoms with Gasteiger partial charge in [-0.2, -0.15) is 0 Å². The summed E-state index contributed by atoms with van der Waals surface area (Å²) in [5.41, 5.74) is 0.792. The third-order valence-electron chi connectivity index (χ3n) is 3.45. The smallest absolute Gasteiger partial charge is 0.270 e. The molecule has 0 atom stereocenters. The van der Waals surface area contributed by atoms with E-state index in [1.807, 2.05) is 0 Å². The molecule has 0 saturated heterocycles. The Hall–Kier alpha value is -2.47. The predicted molar refractivity (Wildman–Crippen MR) is 80.2 cm³/mol. The van der Waals surface area contributed by atoms with Crippen LogP contribution in [0, 0.1) is 15.9 Å². The fourth-order valence-electron chi connectivity index (χ4n) is 2.43. The van der Waals surface area contributed by atoms with Gasteiger partial charge < -0.3 is 4.90 Å². The normalized spacial score (nSPS) is 13.5. The standard InChI is InChI=1S/C15H11ClFN3O2/c16-8-19-9-18-14-6-5-10(20(21)22)7-12(14)15(19)11-3-1-2-4-13(11)17/h1-7H,8-9H2. The van der Waals surface area contributed by atoms with Crippen LogP contribution in [0.3, 0.4) is 0 Å². The Labute approximate surface area is 130 Å². The summed E-state index contributed by atoms with van der Waals surface area (Å²) in [6.45, 7) is 0.276. The van der Waals surface area contributed by atoms with Crippen LogP contribution in [0.4, 0.5) is 10.1 Å². The van der Waals surface area contributed by atoms with Crippen LogP contribution in [0.5, 0.6) is 0 Å². The van der Waals surface area contributed by atoms with Crippen LogP contribution in [0.15, 0.2) is 47.5 Å². The SMILES string of the molecule is O=[N+]([O-])c1ccc2c(c1)=C(c1ccccc1F)N(CCl)CN=2. The van der Waals surface area contributed by atoms with Gasteiger partial charge in [-0.3, -0.25) is 15.1 Å². The molecule has 3 rings (SSSR count). The van der Waals surface area contributed by atoms with E-state index >= 15 is 0 Å². The number of halogens is 2. The van der Waals surface area contributed by atoms with Crippen LogP contribution < -0.4 is 10.6 Å². The van der Waals surface area contributed by atoms with Crippen LogP contribution >= 0.6 is 11.6 Å². The molecule has 2 aromatic rings. The van der Waals surface area contributed by atoms with E-state index in [-0.39, 0.29) is 18.4 Å². The number of nitrogens with zero attached hydrogens (tertiary/aromatic N) is 3. The van der Waals surface area contributed by atoms with Crippen LogP contribution in [0.1, 0.15) is 5.56 Å². The Bertz CT molecular complexity index is 869. The average molecular weight is 320 g/mol. The third-order valence-corrected chi connectivity index (χ3v) is 3.74. The van der Waals surface area contributed by atoms with Gasteiger partial charge in [0.05, 0.1) is 22.0 Å². The molecule has 0 amide bonds. The summed E-state index contributed by atoms with van der Waals surface area (Å²) in [5, 5.41) is 12.1. The fraction of sp³-hybridized carbons (Fsp3) is 0.133. The van der Waals surface area contributed by atoms with E-state index < -0.39 is 10.7 Å². The molecule has 5 nitrogen and oxygen atoms in total. The summed E-state index contributed by atoms with van der Waals surface area (Å²) in [4.78, 5) is 16.5. The topological polar surface area (TPSA) is 58.7 Å². The first kappa shape index (κ1) is 14.5. The zero-order valence-corrected chi connectivity index (χ0v) is 12.1. The maximum absolute atomic E-state index is 14.2. The van der Waals surface area contributed by atoms with Crippen molar-refractivity contribution in [2.75, 3.05) is 12.7 Å². The summed E-state index contributed by atoms with van der Waals surface area (Å²) in [6.07, 6.45) is 0. The molecular formula is C15H11ClFN3O2. The van der Waals surface area contributed by atoms with Crippen molar-refractivity contribution in [2.45, 2.75) is 0 Å². The molecule has 7 heteroatoms. The zero-order chi connectivity index (χ0) is 15.7. The maximum atomic E-state index is 14.2. The molecular weight excluding hydrogens is 309 g/mol. The fourth-order valence-corrected chi connectivity index (χ4v) is 2.63. The summed E-state index contributed by atoms with van der Waals surface area (Å²) >= 11 is 5.93. The summed E-state index contributed by atoms with van der Waals surface area (Å²) in [7, 11) is 0. The molecule has 0 aromatic heterocycles. The molecule has 22 heavy (non-hydrogen) atoms. The second-order valence-electron chi connectivity index (χ2n) is 4.75. The monoisotopic (exact) mass is 319 g/mol. The minimum Gasteiger partial charge on any atom is -0.337 e. The van der Waals surface area contributed by atoms with Crippen molar-refractivity contribution in [1.29, 1.82) is 0 Å². The van der Waals surface area contributed by atoms with E-state index in [0.717, 1.165) is 0 Å². The van der Waals surface area contributed by atoms with Gasteiger partial charge >= 0.3 is 0 Å². The average Bonchev–Trinajstić information content (AvgIpc) is 2.54. The molecule has 0 bridgehead atoms. The molecule has 2 aromatic carbocycles. The van der Waals surface area contributed by atoms with Gasteiger partial charge in [0.15, 0.2) is 0 Å². The highest BCUT2D eigenvalue weighted by Gasteiger charge is 2.20. The Balaban J connectivity index is 2.40. The molecule has 112 valence electrons. The van der Waals surface area contributed by atoms with E-state index in [4.69, 9.17) is 11.6 Å². The lowest BCUT2D eigenvalue weighted by Crippen LogP contribution is -2.40. The summed E-state index contributed by atoms with van der Waals surface area (Å²) in [5.74, 6) is -0.410. The number of fused-ring (bicyclic) bond motifs is 1. The number of alkyl halides is 1. The van der Waals surface area contributed by atoms with Gasteiger partial charge in [-0.05, 0) is 18.2 Å². The van der Waals surface area contributed by atoms with E-state index in [0.29, 0.717) is 21.8 Å². The lowest BCUT2D eigenvalue weighted by atomic mass is 10.1. The quantitative estimate of drug-likeness (QED) is 0.376. The molecule has 1 heterocycles. The number of benzene rings is 2. The van der Waals surface area contributed by atoms with Crippen molar-refractivity contribution >= 4 is 23.0 Å². The highest BCUT2D eigenvalue weighted by atomic mass is 35.5. The van der Waals surface area contributed by atoms with Crippen molar-refractivity contribution in [3.8, 4) is 0 Å². The van der Waals surface area contributed by atoms with Gasteiger partial charge in [0.2, 0.25) is 0 Å². The molecule has 0 N–H and O–H groups in total. The summed E-state index contributed by atoms with van der Waals surface area (Å²) in [6, 6.07) is 10.7. The molecule has 0 spiro atoms. The van der Waals surface area contributed by atoms with Crippen molar-refractivity contribution in [2.24, 2.45) is 4.99 Å². The lowest BCUT2D eigenvalue weighted by Gasteiger charge is -2.26. The Morgan fingerprint density at radius 3 is 2.77 bits per heavy atom. The zero-order valence-electron chi connectivity index (χ0n) is 11.4. The van der Waals surface area contributed by atoms with Gasteiger partial charge in [0.25, 0.3) is 5.69 Å². The number of non-ortho nitro benzene ring substituents is 1. The van der Waals surface area contributed by atoms with Crippen LogP contribution in [0.25, 0.3) is 5.70 Å². The Morgan fingerprint density at radius 2 is 2.09 bits per heavy atom. The lowest BCUT2D eigenvalue weighted by molar-refractivity contribution is -0.385. The Morgan fingerprint density at radius 1 is 1.32 bits per heavy atom. The number of nitro benzene ring substituents is 1. The summed E-state index contributed by atoms with van der Waals surface area (Å²) < 4.78 is 14.2. The first-order chi connectivity index (χ1) is 10.6. The molecule has 0 radical (unpaired) electrons. The first-order valence-electron chi connectivity index (χ1n) is 6.51. The second-order valence-corrected chi connectivity index (χ2v) is 4.98. The highest BCUT2D eigenvalue weighted by Crippen LogP contribution is 2.21. The maximum Gasteiger partial charge on any atom is 0.270 e. The van der Waals surface area contributed by atoms with E-state index in [9.17, 15) is 14.5 Å². The van der Waals surface area contributed by atoms with Gasteiger partial charge in [0, 0.05) is 22.9 Å². The van der Waals surface area contributed by atoms with E-state index in [1.165, 1.54) is 18.2 Å². The number of hydrogen-bond acceptors (Lipinski definition) is 4. The van der Waals surface area contributed by atoms with Crippen LogP contribution in [0.2, 0.25) is 0 Å². The molecule has 0 fully saturated rings. The predicted octanol–water partition coefficient (Wildman–Crippen LogP) is 1.98. The molecule has 0 unspecified atom stereocenters. The van der Waals surface area contributed by atoms with Crippen molar-refractivity contribution < 1.29 is 9.31 Å². The number of hydrogen-bond donors (Lipinski definition) is 0. The van der Waals surface area contributed by atoms with Crippen molar-refractivity contribution in [3.05, 3.63) is 74.5 Å². The van der Waals surface area contributed by atoms with Crippen molar-refractivity contribution in [1.82, 2.24) is 4.90 Å². The van der Waals surface area contributed by atoms with Crippen LogP contribution in [-0.2, 0) is 0 Å². The minimum absolute atomic E-state index is 0.0702. The minimum atomic E-state index is -0.487. The molecule has 0 saturated carbocycles. The van der Waals surface area contributed by atoms with Gasteiger partial charge in [-0.1, -0.05) is 12.1 Å². The van der Waals surface area contributed by atoms with E-state index in [1.54, 1.807) is 29.2 Å². The highest BCUT2D eigenvalue weighted by molar-refractivity contribution is 6.18. The third kappa shape index (κ3) is 2.42. The number of rotatable bonds is 3. The van der Waals surface area contributed by atoms with E-state index in [2.05, 4.69) is 4.99 Å². The largest absolute Gasteiger partial charge is 0.337 e. The van der Waals surface area contributed by atoms with Gasteiger partial charge in [0.1, 0.15) is 12.5 Å². The van der Waals surface area contributed by atoms with Gasteiger partial charge in [-0.25, -0.2) is 4.39 Å². The molecule has 1 aliphatic heterocycles. The van der Waals surface area contributed by atoms with Gasteiger partial charge in [-0.15, -0.1) is 11.6 Å². The Kier molecular flexibility index (Phi) is 3.77. The first-order valence-corrected chi connectivity index (χ1v) is 7.04. The molecule has 1 aliphatic rings. The molecule has 0 aliphatic carbocycles. The number of nitro groups is 1. The van der Waals surface area contributed by atoms with Crippen LogP contribution in [-0.4, -0.2) is 22.5 Å².